The topological polar surface area (TPSA) is 81.9 Å². The SMILES string of the molecule is CC(NC(=O)OC(C)(C)C)c1ncnn1-c1ccc(F)cn1. The zero-order valence-electron chi connectivity index (χ0n) is 12.9. The molecule has 8 heteroatoms. The second-order valence-electron chi connectivity index (χ2n) is 5.73. The van der Waals surface area contributed by atoms with E-state index in [0.29, 0.717) is 11.6 Å². The Bertz CT molecular complexity index is 648. The Morgan fingerprint density at radius 2 is 2.09 bits per heavy atom. The summed E-state index contributed by atoms with van der Waals surface area (Å²) in [5, 5.41) is 6.72. The van der Waals surface area contributed by atoms with Gasteiger partial charge in [0.05, 0.1) is 12.2 Å². The Morgan fingerprint density at radius 3 is 2.68 bits per heavy atom. The Labute approximate surface area is 127 Å². The van der Waals surface area contributed by atoms with Crippen LogP contribution in [0.3, 0.4) is 0 Å². The maximum atomic E-state index is 12.9. The number of nitrogens with one attached hydrogen (secondary N) is 1. The maximum Gasteiger partial charge on any atom is 0.408 e. The second kappa shape index (κ2) is 6.08. The molecule has 22 heavy (non-hydrogen) atoms. The zero-order valence-corrected chi connectivity index (χ0v) is 12.9. The number of halogens is 1. The molecular formula is C14H18FN5O2. The maximum absolute atomic E-state index is 12.9. The van der Waals surface area contributed by atoms with E-state index in [2.05, 4.69) is 20.4 Å². The van der Waals surface area contributed by atoms with Crippen LogP contribution in [-0.2, 0) is 4.74 Å². The van der Waals surface area contributed by atoms with Crippen molar-refractivity contribution in [3.8, 4) is 5.82 Å². The van der Waals surface area contributed by atoms with Gasteiger partial charge in [0, 0.05) is 0 Å². The average molecular weight is 307 g/mol. The van der Waals surface area contributed by atoms with E-state index in [1.807, 2.05) is 0 Å². The van der Waals surface area contributed by atoms with E-state index in [-0.39, 0.29) is 0 Å². The normalized spacial score (nSPS) is 12.8. The van der Waals surface area contributed by atoms with Gasteiger partial charge in [0.1, 0.15) is 17.7 Å². The summed E-state index contributed by atoms with van der Waals surface area (Å²) in [6, 6.07) is 2.30. The smallest absolute Gasteiger partial charge is 0.408 e. The van der Waals surface area contributed by atoms with Crippen LogP contribution in [0.15, 0.2) is 24.7 Å². The van der Waals surface area contributed by atoms with Crippen molar-refractivity contribution in [2.24, 2.45) is 0 Å². The van der Waals surface area contributed by atoms with Gasteiger partial charge < -0.3 is 10.1 Å². The summed E-state index contributed by atoms with van der Waals surface area (Å²) in [6.07, 6.45) is 1.88. The minimum absolute atomic E-state index is 0.409. The molecule has 2 aromatic rings. The number of alkyl carbamates (subject to hydrolysis) is 1. The van der Waals surface area contributed by atoms with Gasteiger partial charge in [-0.1, -0.05) is 0 Å². The Morgan fingerprint density at radius 1 is 1.36 bits per heavy atom. The Hall–Kier alpha value is -2.51. The molecule has 0 radical (unpaired) electrons. The fourth-order valence-corrected chi connectivity index (χ4v) is 1.76. The molecule has 1 atom stereocenters. The van der Waals surface area contributed by atoms with Crippen LogP contribution < -0.4 is 5.32 Å². The van der Waals surface area contributed by atoms with Crippen molar-refractivity contribution in [3.05, 3.63) is 36.3 Å². The highest BCUT2D eigenvalue weighted by Gasteiger charge is 2.21. The molecule has 0 bridgehead atoms. The highest BCUT2D eigenvalue weighted by Crippen LogP contribution is 2.14. The summed E-state index contributed by atoms with van der Waals surface area (Å²) < 4.78 is 19.6. The molecule has 1 unspecified atom stereocenters. The first-order valence-corrected chi connectivity index (χ1v) is 6.77. The monoisotopic (exact) mass is 307 g/mol. The minimum Gasteiger partial charge on any atom is -0.444 e. The molecule has 118 valence electrons. The van der Waals surface area contributed by atoms with Gasteiger partial charge in [0.2, 0.25) is 0 Å². The van der Waals surface area contributed by atoms with E-state index in [4.69, 9.17) is 4.74 Å². The third-order valence-electron chi connectivity index (χ3n) is 2.62. The van der Waals surface area contributed by atoms with E-state index < -0.39 is 23.6 Å². The van der Waals surface area contributed by atoms with Crippen LogP contribution >= 0.6 is 0 Å². The van der Waals surface area contributed by atoms with E-state index in [1.165, 1.54) is 23.1 Å². The number of carbonyl (C=O) groups excluding carboxylic acids is 1. The van der Waals surface area contributed by atoms with Crippen molar-refractivity contribution in [2.45, 2.75) is 39.3 Å². The third-order valence-corrected chi connectivity index (χ3v) is 2.62. The van der Waals surface area contributed by atoms with Crippen LogP contribution in [0.2, 0.25) is 0 Å². The summed E-state index contributed by atoms with van der Waals surface area (Å²) in [4.78, 5) is 19.9. The van der Waals surface area contributed by atoms with Crippen LogP contribution in [0.25, 0.3) is 5.82 Å². The second-order valence-corrected chi connectivity index (χ2v) is 5.73. The molecule has 2 aromatic heterocycles. The number of hydrogen-bond donors (Lipinski definition) is 1. The molecule has 0 saturated heterocycles. The molecule has 7 nitrogen and oxygen atoms in total. The molecule has 2 rings (SSSR count). The number of nitrogens with zero attached hydrogens (tertiary/aromatic N) is 4. The predicted molar refractivity (Wildman–Crippen MR) is 76.9 cm³/mol. The van der Waals surface area contributed by atoms with Crippen LogP contribution in [0, 0.1) is 5.82 Å². The lowest BCUT2D eigenvalue weighted by Gasteiger charge is -2.21. The zero-order chi connectivity index (χ0) is 16.3. The highest BCUT2D eigenvalue weighted by molar-refractivity contribution is 5.68. The fourth-order valence-electron chi connectivity index (χ4n) is 1.76. The van der Waals surface area contributed by atoms with Crippen molar-refractivity contribution in [1.29, 1.82) is 0 Å². The number of hydrogen-bond acceptors (Lipinski definition) is 5. The number of aromatic nitrogens is 4. The highest BCUT2D eigenvalue weighted by atomic mass is 19.1. The lowest BCUT2D eigenvalue weighted by atomic mass is 10.2. The van der Waals surface area contributed by atoms with Crippen LogP contribution in [0.1, 0.15) is 39.6 Å². The van der Waals surface area contributed by atoms with Crippen LogP contribution in [0.4, 0.5) is 9.18 Å². The predicted octanol–water partition coefficient (Wildman–Crippen LogP) is 2.39. The van der Waals surface area contributed by atoms with E-state index in [9.17, 15) is 9.18 Å². The molecule has 0 aromatic carbocycles. The fraction of sp³-hybridized carbons (Fsp3) is 0.429. The lowest BCUT2D eigenvalue weighted by Crippen LogP contribution is -2.35. The largest absolute Gasteiger partial charge is 0.444 e. The molecule has 2 heterocycles. The van der Waals surface area contributed by atoms with Crippen molar-refractivity contribution in [1.82, 2.24) is 25.1 Å². The Kier molecular flexibility index (Phi) is 4.39. The van der Waals surface area contributed by atoms with Crippen molar-refractivity contribution in [3.63, 3.8) is 0 Å². The molecule has 1 amide bonds. The van der Waals surface area contributed by atoms with Gasteiger partial charge in [-0.3, -0.25) is 0 Å². The Balaban J connectivity index is 2.15. The van der Waals surface area contributed by atoms with Crippen molar-refractivity contribution < 1.29 is 13.9 Å². The van der Waals surface area contributed by atoms with Gasteiger partial charge in [-0.15, -0.1) is 0 Å². The molecule has 0 saturated carbocycles. The summed E-state index contributed by atoms with van der Waals surface area (Å²) in [5.74, 6) is 0.432. The molecule has 0 spiro atoms. The first kappa shape index (κ1) is 15.9. The number of carbonyl (C=O) groups is 1. The number of amides is 1. The van der Waals surface area contributed by atoms with Crippen LogP contribution in [0.5, 0.6) is 0 Å². The minimum atomic E-state index is -0.587. The first-order valence-electron chi connectivity index (χ1n) is 6.77. The average Bonchev–Trinajstić information content (AvgIpc) is 2.86. The standard InChI is InChI=1S/C14H18FN5O2/c1-9(19-13(21)22-14(2,3)4)12-17-8-18-20(12)11-6-5-10(15)7-16-11/h5-9H,1-4H3,(H,19,21). The van der Waals surface area contributed by atoms with Crippen molar-refractivity contribution >= 4 is 6.09 Å². The molecule has 0 fully saturated rings. The van der Waals surface area contributed by atoms with Gasteiger partial charge in [-0.25, -0.2) is 19.2 Å². The van der Waals surface area contributed by atoms with Gasteiger partial charge in [0.25, 0.3) is 0 Å². The molecular weight excluding hydrogens is 289 g/mol. The molecule has 0 aliphatic carbocycles. The quantitative estimate of drug-likeness (QED) is 0.941. The van der Waals surface area contributed by atoms with Gasteiger partial charge in [-0.05, 0) is 39.8 Å². The van der Waals surface area contributed by atoms with Gasteiger partial charge in [-0.2, -0.15) is 9.78 Å². The van der Waals surface area contributed by atoms with E-state index in [1.54, 1.807) is 27.7 Å². The van der Waals surface area contributed by atoms with E-state index in [0.717, 1.165) is 6.20 Å². The summed E-state index contributed by atoms with van der Waals surface area (Å²) in [5.41, 5.74) is -0.587. The van der Waals surface area contributed by atoms with Crippen molar-refractivity contribution in [2.75, 3.05) is 0 Å². The first-order chi connectivity index (χ1) is 10.3. The number of ether oxygens (including phenoxy) is 1. The lowest BCUT2D eigenvalue weighted by molar-refractivity contribution is 0.0505. The van der Waals surface area contributed by atoms with Crippen LogP contribution in [-0.4, -0.2) is 31.4 Å². The van der Waals surface area contributed by atoms with Gasteiger partial charge in [0.15, 0.2) is 11.6 Å². The number of pyridine rings is 1. The summed E-state index contributed by atoms with van der Waals surface area (Å²) >= 11 is 0. The molecule has 0 aliphatic heterocycles. The molecule has 1 N–H and O–H groups in total. The van der Waals surface area contributed by atoms with E-state index >= 15 is 0 Å². The third kappa shape index (κ3) is 4.00. The summed E-state index contributed by atoms with van der Waals surface area (Å²) in [7, 11) is 0. The molecule has 0 aliphatic rings. The summed E-state index contributed by atoms with van der Waals surface area (Å²) in [6.45, 7) is 7.08. The number of rotatable bonds is 3. The van der Waals surface area contributed by atoms with Gasteiger partial charge >= 0.3 is 6.09 Å².